The molecule has 10 nitrogen and oxygen atoms in total. The van der Waals surface area contributed by atoms with E-state index in [2.05, 4.69) is 16.0 Å². The summed E-state index contributed by atoms with van der Waals surface area (Å²) < 4.78 is 28.5. The quantitative estimate of drug-likeness (QED) is 0.109. The second-order valence-electron chi connectivity index (χ2n) is 13.9. The molecule has 4 aromatic rings. The van der Waals surface area contributed by atoms with Gasteiger partial charge in [-0.3, -0.25) is 14.9 Å². The summed E-state index contributed by atoms with van der Waals surface area (Å²) in [5.74, 6) is -3.70. The highest BCUT2D eigenvalue weighted by atomic mass is 32.2. The van der Waals surface area contributed by atoms with Gasteiger partial charge in [0.05, 0.1) is 34.9 Å². The van der Waals surface area contributed by atoms with Gasteiger partial charge in [-0.2, -0.15) is 0 Å². The number of carbonyl (C=O) groups excluding carboxylic acids is 2. The van der Waals surface area contributed by atoms with Crippen molar-refractivity contribution in [3.05, 3.63) is 126 Å². The zero-order valence-corrected chi connectivity index (χ0v) is 31.3. The van der Waals surface area contributed by atoms with Gasteiger partial charge in [-0.15, -0.1) is 0 Å². The van der Waals surface area contributed by atoms with Gasteiger partial charge in [0, 0.05) is 25.6 Å². The highest BCUT2D eigenvalue weighted by Crippen LogP contribution is 2.40. The van der Waals surface area contributed by atoms with E-state index in [4.69, 9.17) is 0 Å². The number of hydrogen-bond donors (Lipinski definition) is 4. The van der Waals surface area contributed by atoms with E-state index in [0.29, 0.717) is 24.3 Å². The smallest absolute Gasteiger partial charge is 0.256 e. The number of nitrogens with zero attached hydrogens (tertiary/aromatic N) is 2. The first-order valence-corrected chi connectivity index (χ1v) is 19.8. The van der Waals surface area contributed by atoms with Gasteiger partial charge in [-0.05, 0) is 61.6 Å². The molecule has 0 heterocycles. The molecule has 0 aromatic heterocycles. The lowest BCUT2D eigenvalue weighted by molar-refractivity contribution is -0.129. The van der Waals surface area contributed by atoms with E-state index in [-0.39, 0.29) is 23.2 Å². The molecule has 4 N–H and O–H groups in total. The van der Waals surface area contributed by atoms with Gasteiger partial charge in [0.15, 0.2) is 5.85 Å². The minimum atomic E-state index is -4.01. The standard InChI is InChI=1S/C41H51N5O5S/c1-30(28-32-18-9-5-10-19-32)41(49,43-31(2)39(47)42-34-22-13-7-14-23-34)44-40(48)36-26-17-27-37(45(3)29-33-20-11-6-12-21-33)38(36)46(52(4,50)51)35-24-15-8-16-25-35/h5-6,8-12,15-21,24-27,30-31,34,43,49H,7,13-14,22-23,28-29H2,1-4H3,(H,42,47)(H,44,48)/t30-,31+,41+/m1/s1. The number of sulfonamides is 1. The summed E-state index contributed by atoms with van der Waals surface area (Å²) in [5.41, 5.74) is 2.91. The maximum atomic E-state index is 14.7. The number of anilines is 3. The number of carbonyl (C=O) groups is 2. The molecular formula is C41H51N5O5S. The molecule has 0 radical (unpaired) electrons. The lowest BCUT2D eigenvalue weighted by Crippen LogP contribution is -2.67. The van der Waals surface area contributed by atoms with Crippen molar-refractivity contribution in [2.24, 2.45) is 5.92 Å². The van der Waals surface area contributed by atoms with Crippen molar-refractivity contribution in [3.63, 3.8) is 0 Å². The summed E-state index contributed by atoms with van der Waals surface area (Å²) in [4.78, 5) is 30.0. The van der Waals surface area contributed by atoms with Crippen LogP contribution in [0.2, 0.25) is 0 Å². The molecule has 5 rings (SSSR count). The van der Waals surface area contributed by atoms with Gasteiger partial charge in [0.25, 0.3) is 5.91 Å². The number of benzene rings is 4. The lowest BCUT2D eigenvalue weighted by atomic mass is 9.94. The molecule has 3 atom stereocenters. The molecule has 11 heteroatoms. The van der Waals surface area contributed by atoms with Crippen molar-refractivity contribution in [3.8, 4) is 0 Å². The van der Waals surface area contributed by atoms with Crippen molar-refractivity contribution >= 4 is 38.9 Å². The first-order chi connectivity index (χ1) is 24.9. The first kappa shape index (κ1) is 38.5. The highest BCUT2D eigenvalue weighted by molar-refractivity contribution is 7.92. The second kappa shape index (κ2) is 17.2. The summed E-state index contributed by atoms with van der Waals surface area (Å²) in [6.45, 7) is 3.89. The number of rotatable bonds is 15. The van der Waals surface area contributed by atoms with Crippen LogP contribution < -0.4 is 25.2 Å². The highest BCUT2D eigenvalue weighted by Gasteiger charge is 2.40. The third kappa shape index (κ3) is 9.78. The Bertz CT molecular complexity index is 1890. The van der Waals surface area contributed by atoms with E-state index in [0.717, 1.165) is 49.5 Å². The summed E-state index contributed by atoms with van der Waals surface area (Å²) in [6.07, 6.45) is 6.53. The molecule has 1 aliphatic rings. The Balaban J connectivity index is 1.55. The number of amides is 2. The Kier molecular flexibility index (Phi) is 12.7. The van der Waals surface area contributed by atoms with Gasteiger partial charge in [0.1, 0.15) is 0 Å². The van der Waals surface area contributed by atoms with E-state index in [1.807, 2.05) is 72.6 Å². The van der Waals surface area contributed by atoms with Crippen molar-refractivity contribution < 1.29 is 23.1 Å². The molecule has 0 unspecified atom stereocenters. The number of nitrogens with one attached hydrogen (secondary N) is 3. The van der Waals surface area contributed by atoms with Crippen LogP contribution in [0, 0.1) is 5.92 Å². The average Bonchev–Trinajstić information content (AvgIpc) is 3.12. The fraction of sp³-hybridized carbons (Fsp3) is 0.366. The van der Waals surface area contributed by atoms with Crippen LogP contribution in [0.25, 0.3) is 0 Å². The van der Waals surface area contributed by atoms with E-state index in [1.54, 1.807) is 62.4 Å². The Morgan fingerprint density at radius 3 is 2.00 bits per heavy atom. The minimum Gasteiger partial charge on any atom is -0.369 e. The molecule has 1 saturated carbocycles. The van der Waals surface area contributed by atoms with Crippen LogP contribution >= 0.6 is 0 Å². The molecule has 0 aliphatic heterocycles. The molecule has 2 amide bonds. The Labute approximate surface area is 308 Å². The van der Waals surface area contributed by atoms with Gasteiger partial charge >= 0.3 is 0 Å². The van der Waals surface area contributed by atoms with E-state index >= 15 is 0 Å². The van der Waals surface area contributed by atoms with Crippen LogP contribution in [0.4, 0.5) is 17.1 Å². The van der Waals surface area contributed by atoms with Crippen LogP contribution in [0.15, 0.2) is 109 Å². The summed E-state index contributed by atoms with van der Waals surface area (Å²) in [7, 11) is -2.17. The van der Waals surface area contributed by atoms with E-state index < -0.39 is 33.7 Å². The molecule has 1 aliphatic carbocycles. The fourth-order valence-corrected chi connectivity index (χ4v) is 7.88. The Morgan fingerprint density at radius 2 is 1.40 bits per heavy atom. The maximum Gasteiger partial charge on any atom is 0.256 e. The SMILES string of the molecule is C[C@H](N[C@](O)(NC(=O)c1cccc(N(C)Cc2ccccc2)c1N(c1ccccc1)S(C)(=O)=O)[C@H](C)Cc1ccccc1)C(=O)NC1CCCCC1. The van der Waals surface area contributed by atoms with Gasteiger partial charge in [-0.25, -0.2) is 12.7 Å². The largest absolute Gasteiger partial charge is 0.369 e. The van der Waals surface area contributed by atoms with Crippen LogP contribution in [-0.2, 0) is 27.8 Å². The van der Waals surface area contributed by atoms with Gasteiger partial charge in [0.2, 0.25) is 15.9 Å². The zero-order chi connectivity index (χ0) is 37.3. The first-order valence-electron chi connectivity index (χ1n) is 18.0. The van der Waals surface area contributed by atoms with Crippen LogP contribution in [0.5, 0.6) is 0 Å². The molecule has 4 aromatic carbocycles. The molecule has 0 saturated heterocycles. The molecule has 0 bridgehead atoms. The fourth-order valence-electron chi connectivity index (χ4n) is 6.85. The summed E-state index contributed by atoms with van der Waals surface area (Å²) in [6, 6.07) is 32.1. The van der Waals surface area contributed by atoms with Crippen molar-refractivity contribution in [1.29, 1.82) is 0 Å². The minimum absolute atomic E-state index is 0.0261. The molecule has 52 heavy (non-hydrogen) atoms. The van der Waals surface area contributed by atoms with Gasteiger partial charge in [-0.1, -0.05) is 111 Å². The third-order valence-corrected chi connectivity index (χ3v) is 10.7. The van der Waals surface area contributed by atoms with Crippen LogP contribution in [0.3, 0.4) is 0 Å². The van der Waals surface area contributed by atoms with Crippen LogP contribution in [-0.4, -0.2) is 56.6 Å². The predicted octanol–water partition coefficient (Wildman–Crippen LogP) is 6.10. The molecular weight excluding hydrogens is 675 g/mol. The zero-order valence-electron chi connectivity index (χ0n) is 30.5. The predicted molar refractivity (Wildman–Crippen MR) is 208 cm³/mol. The number of hydrogen-bond acceptors (Lipinski definition) is 7. The third-order valence-electron chi connectivity index (χ3n) is 9.64. The normalized spacial score (nSPS) is 15.9. The lowest BCUT2D eigenvalue weighted by Gasteiger charge is -2.39. The molecule has 0 spiro atoms. The van der Waals surface area contributed by atoms with Crippen molar-refractivity contribution in [2.75, 3.05) is 22.5 Å². The summed E-state index contributed by atoms with van der Waals surface area (Å²) in [5, 5.41) is 21.4. The maximum absolute atomic E-state index is 14.7. The van der Waals surface area contributed by atoms with E-state index in [1.165, 1.54) is 4.31 Å². The topological polar surface area (TPSA) is 131 Å². The molecule has 1 fully saturated rings. The number of para-hydroxylation sites is 2. The average molecular weight is 726 g/mol. The molecule has 276 valence electrons. The Morgan fingerprint density at radius 1 is 0.827 bits per heavy atom. The van der Waals surface area contributed by atoms with Crippen molar-refractivity contribution in [2.45, 2.75) is 76.8 Å². The van der Waals surface area contributed by atoms with Crippen molar-refractivity contribution in [1.82, 2.24) is 16.0 Å². The number of aliphatic hydroxyl groups is 1. The van der Waals surface area contributed by atoms with Gasteiger partial charge < -0.3 is 20.6 Å². The van der Waals surface area contributed by atoms with E-state index in [9.17, 15) is 23.1 Å². The van der Waals surface area contributed by atoms with Crippen LogP contribution in [0.1, 0.15) is 67.4 Å². The Hall–Kier alpha value is -4.71. The second-order valence-corrected chi connectivity index (χ2v) is 15.7. The summed E-state index contributed by atoms with van der Waals surface area (Å²) >= 11 is 0. The monoisotopic (exact) mass is 725 g/mol.